The quantitative estimate of drug-likeness (QED) is 0.386. The average Bonchev–Trinajstić information content (AvgIpc) is 3.53. The summed E-state index contributed by atoms with van der Waals surface area (Å²) in [6, 6.07) is 7.35. The second kappa shape index (κ2) is 9.13. The summed E-state index contributed by atoms with van der Waals surface area (Å²) in [5.41, 5.74) is 2.75. The van der Waals surface area contributed by atoms with Crippen LogP contribution in [0.2, 0.25) is 10.0 Å². The summed E-state index contributed by atoms with van der Waals surface area (Å²) in [5.74, 6) is 2.65. The van der Waals surface area contributed by atoms with Crippen LogP contribution in [0.1, 0.15) is 30.0 Å². The Morgan fingerprint density at radius 2 is 1.94 bits per heavy atom. The maximum absolute atomic E-state index is 6.09. The van der Waals surface area contributed by atoms with Crippen LogP contribution in [0.4, 0.5) is 11.8 Å². The fraction of sp³-hybridized carbons (Fsp3) is 0.286. The van der Waals surface area contributed by atoms with Crippen molar-refractivity contribution in [2.45, 2.75) is 25.3 Å². The zero-order valence-corrected chi connectivity index (χ0v) is 18.6. The van der Waals surface area contributed by atoms with Gasteiger partial charge in [-0.05, 0) is 36.6 Å². The number of hydrogen-bond donors (Lipinski definition) is 3. The van der Waals surface area contributed by atoms with Crippen LogP contribution < -0.4 is 10.2 Å². The molecule has 0 spiro atoms. The largest absolute Gasteiger partial charge is 0.357 e. The Morgan fingerprint density at radius 3 is 2.72 bits per heavy atom. The molecule has 1 fully saturated rings. The van der Waals surface area contributed by atoms with E-state index >= 15 is 0 Å². The molecule has 1 aliphatic heterocycles. The minimum Gasteiger partial charge on any atom is -0.357 e. The molecular weight excluding hydrogens is 449 g/mol. The number of rotatable bonds is 6. The molecule has 1 saturated heterocycles. The number of anilines is 2. The maximum Gasteiger partial charge on any atom is 0.223 e. The van der Waals surface area contributed by atoms with E-state index in [9.17, 15) is 0 Å². The Bertz CT molecular complexity index is 1180. The molecule has 0 aliphatic carbocycles. The molecular formula is C21H21Cl2N9. The van der Waals surface area contributed by atoms with E-state index in [0.29, 0.717) is 34.3 Å². The molecule has 9 nitrogen and oxygen atoms in total. The molecule has 0 unspecified atom stereocenters. The minimum atomic E-state index is 0.443. The van der Waals surface area contributed by atoms with Crippen molar-refractivity contribution in [1.29, 1.82) is 0 Å². The monoisotopic (exact) mass is 469 g/mol. The van der Waals surface area contributed by atoms with E-state index in [2.05, 4.69) is 45.6 Å². The molecule has 0 amide bonds. The molecule has 11 heteroatoms. The van der Waals surface area contributed by atoms with E-state index < -0.39 is 0 Å². The lowest BCUT2D eigenvalue weighted by Crippen LogP contribution is -2.33. The first-order valence-electron chi connectivity index (χ1n) is 10.3. The van der Waals surface area contributed by atoms with Gasteiger partial charge in [0, 0.05) is 31.7 Å². The van der Waals surface area contributed by atoms with Gasteiger partial charge in [0.2, 0.25) is 5.95 Å². The van der Waals surface area contributed by atoms with Crippen LogP contribution in [0.25, 0.3) is 11.5 Å². The second-order valence-electron chi connectivity index (χ2n) is 7.64. The standard InChI is InChI=1S/C21H21Cl2N9/c22-15-2-1-13(9-16(15)23)10-26-21-24-6-3-17(28-21)20-25-12-19(29-20)32-7-4-14(5-8-32)18-11-27-31-30-18/h1-3,6,9,11-12,14H,4-5,7-8,10H2,(H,25,29)(H,24,26,28)(H,27,30,31). The Morgan fingerprint density at radius 1 is 1.06 bits per heavy atom. The third-order valence-electron chi connectivity index (χ3n) is 5.58. The first-order valence-corrected chi connectivity index (χ1v) is 11.1. The minimum absolute atomic E-state index is 0.443. The van der Waals surface area contributed by atoms with Crippen molar-refractivity contribution >= 4 is 35.0 Å². The van der Waals surface area contributed by atoms with Crippen molar-refractivity contribution < 1.29 is 0 Å². The highest BCUT2D eigenvalue weighted by molar-refractivity contribution is 6.42. The van der Waals surface area contributed by atoms with Crippen LogP contribution >= 0.6 is 23.2 Å². The molecule has 4 heterocycles. The maximum atomic E-state index is 6.09. The lowest BCUT2D eigenvalue weighted by molar-refractivity contribution is 0.493. The number of H-pyrrole nitrogens is 2. The van der Waals surface area contributed by atoms with Crippen LogP contribution in [-0.2, 0) is 6.54 Å². The summed E-state index contributed by atoms with van der Waals surface area (Å²) >= 11 is 12.1. The summed E-state index contributed by atoms with van der Waals surface area (Å²) in [6.45, 7) is 2.39. The predicted molar refractivity (Wildman–Crippen MR) is 124 cm³/mol. The van der Waals surface area contributed by atoms with E-state index in [4.69, 9.17) is 23.2 Å². The predicted octanol–water partition coefficient (Wildman–Crippen LogP) is 4.29. The molecule has 0 radical (unpaired) electrons. The molecule has 164 valence electrons. The van der Waals surface area contributed by atoms with Crippen molar-refractivity contribution in [1.82, 2.24) is 35.3 Å². The van der Waals surface area contributed by atoms with Gasteiger partial charge in [0.1, 0.15) is 11.5 Å². The second-order valence-corrected chi connectivity index (χ2v) is 8.46. The summed E-state index contributed by atoms with van der Waals surface area (Å²) in [5, 5.41) is 15.1. The molecule has 3 N–H and O–H groups in total. The number of halogens is 2. The zero-order valence-electron chi connectivity index (χ0n) is 17.1. The number of piperidine rings is 1. The summed E-state index contributed by atoms with van der Waals surface area (Å²) in [6.07, 6.45) is 7.44. The van der Waals surface area contributed by atoms with Crippen molar-refractivity contribution in [2.24, 2.45) is 0 Å². The van der Waals surface area contributed by atoms with Crippen LogP contribution in [-0.4, -0.2) is 48.4 Å². The topological polar surface area (TPSA) is 111 Å². The van der Waals surface area contributed by atoms with Crippen molar-refractivity contribution in [3.63, 3.8) is 0 Å². The van der Waals surface area contributed by atoms with Gasteiger partial charge in [-0.3, -0.25) is 0 Å². The highest BCUT2D eigenvalue weighted by Crippen LogP contribution is 2.29. The van der Waals surface area contributed by atoms with Gasteiger partial charge >= 0.3 is 0 Å². The summed E-state index contributed by atoms with van der Waals surface area (Å²) in [4.78, 5) is 19.1. The zero-order chi connectivity index (χ0) is 21.9. The Labute approximate surface area is 194 Å². The molecule has 4 aromatic rings. The van der Waals surface area contributed by atoms with Crippen LogP contribution in [0.5, 0.6) is 0 Å². The fourth-order valence-corrected chi connectivity index (χ4v) is 4.15. The summed E-state index contributed by atoms with van der Waals surface area (Å²) in [7, 11) is 0. The number of aromatic amines is 2. The van der Waals surface area contributed by atoms with Gasteiger partial charge in [-0.15, -0.1) is 0 Å². The third-order valence-corrected chi connectivity index (χ3v) is 6.32. The number of hydrogen-bond acceptors (Lipinski definition) is 7. The van der Waals surface area contributed by atoms with E-state index in [1.807, 2.05) is 30.6 Å². The highest BCUT2D eigenvalue weighted by Gasteiger charge is 2.23. The van der Waals surface area contributed by atoms with Gasteiger partial charge in [0.15, 0.2) is 5.82 Å². The lowest BCUT2D eigenvalue weighted by Gasteiger charge is -2.31. The Balaban J connectivity index is 1.23. The van der Waals surface area contributed by atoms with Gasteiger partial charge in [-0.1, -0.05) is 29.3 Å². The average molecular weight is 470 g/mol. The lowest BCUT2D eigenvalue weighted by atomic mass is 9.94. The van der Waals surface area contributed by atoms with Crippen molar-refractivity contribution in [2.75, 3.05) is 23.3 Å². The number of aromatic nitrogens is 7. The molecule has 0 bridgehead atoms. The first-order chi connectivity index (χ1) is 15.7. The number of imidazole rings is 1. The molecule has 1 aromatic carbocycles. The molecule has 0 saturated carbocycles. The first kappa shape index (κ1) is 20.7. The fourth-order valence-electron chi connectivity index (χ4n) is 3.83. The Kier molecular flexibility index (Phi) is 5.91. The van der Waals surface area contributed by atoms with Crippen molar-refractivity contribution in [3.8, 4) is 11.5 Å². The van der Waals surface area contributed by atoms with Gasteiger partial charge in [0.05, 0.1) is 28.1 Å². The molecule has 0 atom stereocenters. The van der Waals surface area contributed by atoms with Crippen LogP contribution in [0.3, 0.4) is 0 Å². The van der Waals surface area contributed by atoms with E-state index in [1.165, 1.54) is 0 Å². The molecule has 32 heavy (non-hydrogen) atoms. The van der Waals surface area contributed by atoms with Gasteiger partial charge < -0.3 is 15.2 Å². The number of nitrogens with zero attached hydrogens (tertiary/aromatic N) is 6. The van der Waals surface area contributed by atoms with Gasteiger partial charge in [-0.2, -0.15) is 15.4 Å². The van der Waals surface area contributed by atoms with Crippen molar-refractivity contribution in [3.05, 3.63) is 64.2 Å². The van der Waals surface area contributed by atoms with E-state index in [0.717, 1.165) is 48.7 Å². The molecule has 1 aliphatic rings. The van der Waals surface area contributed by atoms with E-state index in [1.54, 1.807) is 12.3 Å². The number of nitrogens with one attached hydrogen (secondary N) is 3. The molecule has 3 aromatic heterocycles. The van der Waals surface area contributed by atoms with Crippen LogP contribution in [0, 0.1) is 0 Å². The third kappa shape index (κ3) is 4.53. The smallest absolute Gasteiger partial charge is 0.223 e. The van der Waals surface area contributed by atoms with Gasteiger partial charge in [0.25, 0.3) is 0 Å². The SMILES string of the molecule is Clc1ccc(CNc2nccc(-c3ncc(N4CCC(c5cn[nH]n5)CC4)[nH]3)n2)cc1Cl. The van der Waals surface area contributed by atoms with Gasteiger partial charge in [-0.25, -0.2) is 15.0 Å². The van der Waals surface area contributed by atoms with E-state index in [-0.39, 0.29) is 0 Å². The van der Waals surface area contributed by atoms with Crippen LogP contribution in [0.15, 0.2) is 42.9 Å². The Hall–Kier alpha value is -3.17. The number of benzene rings is 1. The normalized spacial score (nSPS) is 14.6. The highest BCUT2D eigenvalue weighted by atomic mass is 35.5. The molecule has 5 rings (SSSR count). The summed E-state index contributed by atoms with van der Waals surface area (Å²) < 4.78 is 0.